The van der Waals surface area contributed by atoms with Gasteiger partial charge in [0, 0.05) is 28.4 Å². The molecule has 2 heterocycles. The Morgan fingerprint density at radius 1 is 1.30 bits per heavy atom. The standard InChI is InChI=1S/C17H15ClN2O2S/c1-2-22-17-11(6-5-9-19-17)10-20-16(21)15-14(18)12-7-3-4-8-13(12)23-15/h3-9H,2,10H2,1H3,(H,20,21). The van der Waals surface area contributed by atoms with Gasteiger partial charge in [0.1, 0.15) is 4.88 Å². The topological polar surface area (TPSA) is 51.2 Å². The van der Waals surface area contributed by atoms with Crippen molar-refractivity contribution in [3.63, 3.8) is 0 Å². The fourth-order valence-electron chi connectivity index (χ4n) is 2.24. The smallest absolute Gasteiger partial charge is 0.263 e. The minimum atomic E-state index is -0.192. The van der Waals surface area contributed by atoms with E-state index in [9.17, 15) is 4.79 Å². The molecule has 1 amide bonds. The molecule has 23 heavy (non-hydrogen) atoms. The van der Waals surface area contributed by atoms with Crippen molar-refractivity contribution in [1.82, 2.24) is 10.3 Å². The molecular weight excluding hydrogens is 332 g/mol. The Kier molecular flexibility index (Phi) is 4.79. The number of carbonyl (C=O) groups is 1. The van der Waals surface area contributed by atoms with Gasteiger partial charge in [-0.15, -0.1) is 11.3 Å². The summed E-state index contributed by atoms with van der Waals surface area (Å²) in [6, 6.07) is 11.4. The second kappa shape index (κ2) is 6.98. The molecular formula is C17H15ClN2O2S. The number of hydrogen-bond donors (Lipinski definition) is 1. The SMILES string of the molecule is CCOc1ncccc1CNC(=O)c1sc2ccccc2c1Cl. The molecule has 6 heteroatoms. The summed E-state index contributed by atoms with van der Waals surface area (Å²) in [4.78, 5) is 17.1. The van der Waals surface area contributed by atoms with E-state index in [1.807, 2.05) is 43.3 Å². The fraction of sp³-hybridized carbons (Fsp3) is 0.176. The van der Waals surface area contributed by atoms with Crippen LogP contribution in [0.15, 0.2) is 42.6 Å². The van der Waals surface area contributed by atoms with Crippen LogP contribution in [0.4, 0.5) is 0 Å². The molecule has 3 aromatic rings. The molecule has 0 saturated heterocycles. The molecule has 0 aliphatic heterocycles. The zero-order valence-corrected chi connectivity index (χ0v) is 14.1. The summed E-state index contributed by atoms with van der Waals surface area (Å²) in [5, 5.41) is 4.29. The maximum atomic E-state index is 12.4. The first kappa shape index (κ1) is 15.8. The molecule has 0 radical (unpaired) electrons. The zero-order chi connectivity index (χ0) is 16.2. The van der Waals surface area contributed by atoms with Crippen LogP contribution in [0.5, 0.6) is 5.88 Å². The Balaban J connectivity index is 1.78. The first-order valence-corrected chi connectivity index (χ1v) is 8.42. The van der Waals surface area contributed by atoms with E-state index >= 15 is 0 Å². The first-order chi connectivity index (χ1) is 11.2. The van der Waals surface area contributed by atoms with E-state index in [-0.39, 0.29) is 5.91 Å². The Hall–Kier alpha value is -2.11. The van der Waals surface area contributed by atoms with Crippen LogP contribution in [0.25, 0.3) is 10.1 Å². The van der Waals surface area contributed by atoms with Crippen LogP contribution in [0, 0.1) is 0 Å². The van der Waals surface area contributed by atoms with Gasteiger partial charge >= 0.3 is 0 Å². The molecule has 0 fully saturated rings. The summed E-state index contributed by atoms with van der Waals surface area (Å²) in [7, 11) is 0. The van der Waals surface area contributed by atoms with E-state index in [1.54, 1.807) is 6.20 Å². The van der Waals surface area contributed by atoms with E-state index in [0.29, 0.717) is 28.9 Å². The highest BCUT2D eigenvalue weighted by atomic mass is 35.5. The van der Waals surface area contributed by atoms with Crippen molar-refractivity contribution in [2.24, 2.45) is 0 Å². The number of ether oxygens (including phenoxy) is 1. The zero-order valence-electron chi connectivity index (χ0n) is 12.5. The van der Waals surface area contributed by atoms with Crippen molar-refractivity contribution in [2.45, 2.75) is 13.5 Å². The van der Waals surface area contributed by atoms with E-state index in [1.165, 1.54) is 11.3 Å². The second-order valence-electron chi connectivity index (χ2n) is 4.82. The quantitative estimate of drug-likeness (QED) is 0.750. The van der Waals surface area contributed by atoms with Gasteiger partial charge in [-0.05, 0) is 19.1 Å². The van der Waals surface area contributed by atoms with Gasteiger partial charge < -0.3 is 10.1 Å². The minimum absolute atomic E-state index is 0.192. The van der Waals surface area contributed by atoms with Crippen LogP contribution in [-0.2, 0) is 6.54 Å². The summed E-state index contributed by atoms with van der Waals surface area (Å²) < 4.78 is 6.46. The predicted molar refractivity (Wildman–Crippen MR) is 93.4 cm³/mol. The van der Waals surface area contributed by atoms with Crippen molar-refractivity contribution < 1.29 is 9.53 Å². The number of aromatic nitrogens is 1. The van der Waals surface area contributed by atoms with Gasteiger partial charge in [0.05, 0.1) is 11.6 Å². The fourth-order valence-corrected chi connectivity index (χ4v) is 3.67. The lowest BCUT2D eigenvalue weighted by molar-refractivity contribution is 0.0955. The van der Waals surface area contributed by atoms with Crippen molar-refractivity contribution in [2.75, 3.05) is 6.61 Å². The Bertz CT molecular complexity index is 847. The molecule has 2 aromatic heterocycles. The Labute approximate surface area is 143 Å². The third-order valence-electron chi connectivity index (χ3n) is 3.31. The minimum Gasteiger partial charge on any atom is -0.478 e. The van der Waals surface area contributed by atoms with Crippen LogP contribution in [-0.4, -0.2) is 17.5 Å². The molecule has 0 atom stereocenters. The van der Waals surface area contributed by atoms with E-state index in [4.69, 9.17) is 16.3 Å². The third-order valence-corrected chi connectivity index (χ3v) is 4.99. The molecule has 0 aliphatic rings. The van der Waals surface area contributed by atoms with Crippen molar-refractivity contribution >= 4 is 38.9 Å². The molecule has 1 N–H and O–H groups in total. The van der Waals surface area contributed by atoms with Crippen LogP contribution in [0.2, 0.25) is 5.02 Å². The van der Waals surface area contributed by atoms with Gasteiger partial charge in [-0.25, -0.2) is 4.98 Å². The molecule has 0 unspecified atom stereocenters. The number of amides is 1. The van der Waals surface area contributed by atoms with Gasteiger partial charge in [-0.1, -0.05) is 35.9 Å². The van der Waals surface area contributed by atoms with Gasteiger partial charge in [-0.3, -0.25) is 4.79 Å². The summed E-state index contributed by atoms with van der Waals surface area (Å²) in [6.45, 7) is 2.76. The van der Waals surface area contributed by atoms with Crippen LogP contribution in [0.3, 0.4) is 0 Å². The van der Waals surface area contributed by atoms with E-state index in [2.05, 4.69) is 10.3 Å². The average Bonchev–Trinajstić information content (AvgIpc) is 2.91. The largest absolute Gasteiger partial charge is 0.478 e. The molecule has 4 nitrogen and oxygen atoms in total. The lowest BCUT2D eigenvalue weighted by atomic mass is 10.2. The van der Waals surface area contributed by atoms with Crippen LogP contribution in [0.1, 0.15) is 22.2 Å². The number of carbonyl (C=O) groups excluding carboxylic acids is 1. The van der Waals surface area contributed by atoms with Crippen LogP contribution < -0.4 is 10.1 Å². The number of fused-ring (bicyclic) bond motifs is 1. The normalized spacial score (nSPS) is 10.7. The maximum Gasteiger partial charge on any atom is 0.263 e. The molecule has 0 spiro atoms. The molecule has 0 aliphatic carbocycles. The first-order valence-electron chi connectivity index (χ1n) is 7.22. The highest BCUT2D eigenvalue weighted by Crippen LogP contribution is 2.35. The number of halogens is 1. The number of rotatable bonds is 5. The Morgan fingerprint density at radius 3 is 2.91 bits per heavy atom. The van der Waals surface area contributed by atoms with E-state index in [0.717, 1.165) is 15.6 Å². The molecule has 118 valence electrons. The lowest BCUT2D eigenvalue weighted by Crippen LogP contribution is -2.22. The monoisotopic (exact) mass is 346 g/mol. The number of hydrogen-bond acceptors (Lipinski definition) is 4. The van der Waals surface area contributed by atoms with Gasteiger partial charge in [-0.2, -0.15) is 0 Å². The van der Waals surface area contributed by atoms with Crippen LogP contribution >= 0.6 is 22.9 Å². The summed E-state index contributed by atoms with van der Waals surface area (Å²) in [5.41, 5.74) is 0.833. The highest BCUT2D eigenvalue weighted by molar-refractivity contribution is 7.21. The number of thiophene rings is 1. The third kappa shape index (κ3) is 3.30. The highest BCUT2D eigenvalue weighted by Gasteiger charge is 2.17. The van der Waals surface area contributed by atoms with E-state index < -0.39 is 0 Å². The van der Waals surface area contributed by atoms with Crippen molar-refractivity contribution in [3.05, 3.63) is 58.1 Å². The molecule has 3 rings (SSSR count). The number of benzene rings is 1. The average molecular weight is 347 g/mol. The lowest BCUT2D eigenvalue weighted by Gasteiger charge is -2.09. The summed E-state index contributed by atoms with van der Waals surface area (Å²) >= 11 is 7.72. The van der Waals surface area contributed by atoms with Crippen molar-refractivity contribution in [3.8, 4) is 5.88 Å². The van der Waals surface area contributed by atoms with Gasteiger partial charge in [0.2, 0.25) is 5.88 Å². The second-order valence-corrected chi connectivity index (χ2v) is 6.25. The number of pyridine rings is 1. The molecule has 0 saturated carbocycles. The summed E-state index contributed by atoms with van der Waals surface area (Å²) in [6.07, 6.45) is 1.67. The number of nitrogens with one attached hydrogen (secondary N) is 1. The van der Waals surface area contributed by atoms with Crippen molar-refractivity contribution in [1.29, 1.82) is 0 Å². The predicted octanol–water partition coefficient (Wildman–Crippen LogP) is 4.28. The maximum absolute atomic E-state index is 12.4. The number of nitrogens with zero attached hydrogens (tertiary/aromatic N) is 1. The molecule has 1 aromatic carbocycles. The molecule has 0 bridgehead atoms. The Morgan fingerprint density at radius 2 is 2.13 bits per heavy atom. The van der Waals surface area contributed by atoms with Gasteiger partial charge in [0.15, 0.2) is 0 Å². The van der Waals surface area contributed by atoms with Gasteiger partial charge in [0.25, 0.3) is 5.91 Å². The summed E-state index contributed by atoms with van der Waals surface area (Å²) in [5.74, 6) is 0.347.